The molecule has 4 heteroatoms. The molecule has 1 unspecified atom stereocenters. The molecule has 0 aliphatic rings. The maximum absolute atomic E-state index is 11.1. The number of benzene rings is 1. The Balaban J connectivity index is 2.94. The second kappa shape index (κ2) is 5.03. The number of carboxylic acids is 1. The molecule has 1 aromatic rings. The van der Waals surface area contributed by atoms with Gasteiger partial charge < -0.3 is 9.84 Å². The predicted octanol–water partition coefficient (Wildman–Crippen LogP) is 3.17. The number of halogens is 1. The summed E-state index contributed by atoms with van der Waals surface area (Å²) in [5, 5.41) is 9.13. The molecular formula is C12H15IO3. The lowest BCUT2D eigenvalue weighted by Gasteiger charge is -2.27. The highest BCUT2D eigenvalue weighted by atomic mass is 127. The minimum absolute atomic E-state index is 0.440. The lowest BCUT2D eigenvalue weighted by Crippen LogP contribution is -2.39. The monoisotopic (exact) mass is 334 g/mol. The second-order valence-corrected chi connectivity index (χ2v) is 5.79. The zero-order valence-electron chi connectivity index (χ0n) is 9.53. The number of hydrogen-bond donors (Lipinski definition) is 1. The average molecular weight is 334 g/mol. The summed E-state index contributed by atoms with van der Waals surface area (Å²) in [4.78, 5) is 11.1. The van der Waals surface area contributed by atoms with Gasteiger partial charge in [-0.2, -0.15) is 0 Å². The van der Waals surface area contributed by atoms with Gasteiger partial charge in [0.25, 0.3) is 0 Å². The fraction of sp³-hybridized carbons (Fsp3) is 0.417. The van der Waals surface area contributed by atoms with Crippen LogP contribution in [0.25, 0.3) is 0 Å². The van der Waals surface area contributed by atoms with Crippen LogP contribution >= 0.6 is 22.6 Å². The molecule has 1 aromatic carbocycles. The summed E-state index contributed by atoms with van der Waals surface area (Å²) in [7, 11) is 0. The number of para-hydroxylation sites is 1. The van der Waals surface area contributed by atoms with Gasteiger partial charge in [-0.25, -0.2) is 4.79 Å². The average Bonchev–Trinajstić information content (AvgIpc) is 2.14. The molecule has 1 rings (SSSR count). The van der Waals surface area contributed by atoms with Gasteiger partial charge in [-0.1, -0.05) is 32.9 Å². The van der Waals surface area contributed by atoms with Crippen molar-refractivity contribution in [3.8, 4) is 5.75 Å². The van der Waals surface area contributed by atoms with Crippen molar-refractivity contribution in [3.63, 3.8) is 0 Å². The first-order valence-electron chi connectivity index (χ1n) is 4.96. The van der Waals surface area contributed by atoms with Crippen LogP contribution in [0.4, 0.5) is 0 Å². The molecule has 0 radical (unpaired) electrons. The summed E-state index contributed by atoms with van der Waals surface area (Å²) >= 11 is 2.13. The summed E-state index contributed by atoms with van der Waals surface area (Å²) in [6.07, 6.45) is -0.844. The van der Waals surface area contributed by atoms with Crippen molar-refractivity contribution >= 4 is 28.6 Å². The summed E-state index contributed by atoms with van der Waals surface area (Å²) in [5.41, 5.74) is -0.440. The highest BCUT2D eigenvalue weighted by Gasteiger charge is 2.33. The van der Waals surface area contributed by atoms with Crippen molar-refractivity contribution in [3.05, 3.63) is 27.8 Å². The third-order valence-corrected chi connectivity index (χ3v) is 2.98. The van der Waals surface area contributed by atoms with Crippen molar-refractivity contribution in [2.24, 2.45) is 5.41 Å². The first-order chi connectivity index (χ1) is 7.32. The van der Waals surface area contributed by atoms with E-state index in [9.17, 15) is 4.79 Å². The molecule has 0 fully saturated rings. The van der Waals surface area contributed by atoms with Crippen molar-refractivity contribution < 1.29 is 14.6 Å². The van der Waals surface area contributed by atoms with Crippen molar-refractivity contribution in [2.45, 2.75) is 26.9 Å². The zero-order valence-corrected chi connectivity index (χ0v) is 11.7. The van der Waals surface area contributed by atoms with Crippen LogP contribution in [0.5, 0.6) is 5.75 Å². The van der Waals surface area contributed by atoms with Crippen molar-refractivity contribution in [2.75, 3.05) is 0 Å². The van der Waals surface area contributed by atoms with Crippen LogP contribution in [0.1, 0.15) is 20.8 Å². The van der Waals surface area contributed by atoms with Crippen LogP contribution in [0.3, 0.4) is 0 Å². The van der Waals surface area contributed by atoms with E-state index in [0.29, 0.717) is 5.75 Å². The van der Waals surface area contributed by atoms with Crippen LogP contribution < -0.4 is 4.74 Å². The van der Waals surface area contributed by atoms with Crippen LogP contribution in [-0.2, 0) is 4.79 Å². The molecule has 0 amide bonds. The molecule has 0 saturated carbocycles. The maximum atomic E-state index is 11.1. The van der Waals surface area contributed by atoms with Gasteiger partial charge in [0.05, 0.1) is 3.57 Å². The third-order valence-electron chi connectivity index (χ3n) is 2.09. The number of ether oxygens (including phenoxy) is 1. The summed E-state index contributed by atoms with van der Waals surface area (Å²) in [6, 6.07) is 7.39. The quantitative estimate of drug-likeness (QED) is 0.864. The molecule has 0 aromatic heterocycles. The first kappa shape index (κ1) is 13.3. The maximum Gasteiger partial charge on any atom is 0.345 e. The lowest BCUT2D eigenvalue weighted by atomic mass is 9.89. The van der Waals surface area contributed by atoms with Crippen LogP contribution in [0.15, 0.2) is 24.3 Å². The van der Waals surface area contributed by atoms with E-state index >= 15 is 0 Å². The standard InChI is InChI=1S/C12H15IO3/c1-12(2,3)10(11(14)15)16-9-7-5-4-6-8(9)13/h4-7,10H,1-3H3,(H,14,15). The number of carboxylic acid groups (broad SMARTS) is 1. The molecule has 0 aliphatic carbocycles. The molecule has 0 spiro atoms. The summed E-state index contributed by atoms with van der Waals surface area (Å²) < 4.78 is 6.48. The fourth-order valence-corrected chi connectivity index (χ4v) is 1.78. The Morgan fingerprint density at radius 1 is 1.38 bits per heavy atom. The van der Waals surface area contributed by atoms with Crippen molar-refractivity contribution in [1.82, 2.24) is 0 Å². The van der Waals surface area contributed by atoms with E-state index in [1.807, 2.05) is 39.0 Å². The Kier molecular flexibility index (Phi) is 4.18. The second-order valence-electron chi connectivity index (χ2n) is 4.63. The zero-order chi connectivity index (χ0) is 12.3. The van der Waals surface area contributed by atoms with E-state index in [2.05, 4.69) is 22.6 Å². The smallest absolute Gasteiger partial charge is 0.345 e. The SMILES string of the molecule is CC(C)(C)C(Oc1ccccc1I)C(=O)O. The normalized spacial score (nSPS) is 13.2. The van der Waals surface area contributed by atoms with E-state index in [1.54, 1.807) is 6.07 Å². The number of aliphatic carboxylic acids is 1. The van der Waals surface area contributed by atoms with Gasteiger partial charge in [-0.3, -0.25) is 0 Å². The lowest BCUT2D eigenvalue weighted by molar-refractivity contribution is -0.150. The summed E-state index contributed by atoms with van der Waals surface area (Å²) in [6.45, 7) is 5.55. The molecule has 3 nitrogen and oxygen atoms in total. The van der Waals surface area contributed by atoms with Gasteiger partial charge >= 0.3 is 5.97 Å². The molecule has 0 aliphatic heterocycles. The number of hydrogen-bond acceptors (Lipinski definition) is 2. The van der Waals surface area contributed by atoms with Gasteiger partial charge in [-0.15, -0.1) is 0 Å². The van der Waals surface area contributed by atoms with Gasteiger partial charge in [0.1, 0.15) is 5.75 Å². The van der Waals surface area contributed by atoms with Crippen LogP contribution in [-0.4, -0.2) is 17.2 Å². The molecule has 88 valence electrons. The Morgan fingerprint density at radius 3 is 2.38 bits per heavy atom. The van der Waals surface area contributed by atoms with Crippen LogP contribution in [0.2, 0.25) is 0 Å². The topological polar surface area (TPSA) is 46.5 Å². The van der Waals surface area contributed by atoms with E-state index in [4.69, 9.17) is 9.84 Å². The fourth-order valence-electron chi connectivity index (χ4n) is 1.26. The van der Waals surface area contributed by atoms with E-state index < -0.39 is 17.5 Å². The Bertz CT molecular complexity index is 382. The van der Waals surface area contributed by atoms with E-state index in [1.165, 1.54) is 0 Å². The van der Waals surface area contributed by atoms with Crippen molar-refractivity contribution in [1.29, 1.82) is 0 Å². The highest BCUT2D eigenvalue weighted by Crippen LogP contribution is 2.28. The number of rotatable bonds is 3. The highest BCUT2D eigenvalue weighted by molar-refractivity contribution is 14.1. The first-order valence-corrected chi connectivity index (χ1v) is 6.04. The molecule has 1 N–H and O–H groups in total. The minimum Gasteiger partial charge on any atom is -0.478 e. The Labute approximate surface area is 109 Å². The largest absolute Gasteiger partial charge is 0.478 e. The van der Waals surface area contributed by atoms with Gasteiger partial charge in [-0.05, 0) is 34.7 Å². The molecule has 16 heavy (non-hydrogen) atoms. The van der Waals surface area contributed by atoms with Gasteiger partial charge in [0, 0.05) is 5.41 Å². The molecule has 0 saturated heterocycles. The Hall–Kier alpha value is -0.780. The Morgan fingerprint density at radius 2 is 1.94 bits per heavy atom. The van der Waals surface area contributed by atoms with Crippen LogP contribution in [0, 0.1) is 8.99 Å². The molecule has 1 atom stereocenters. The minimum atomic E-state index is -0.938. The number of carbonyl (C=O) groups is 1. The van der Waals surface area contributed by atoms with Gasteiger partial charge in [0.2, 0.25) is 0 Å². The predicted molar refractivity (Wildman–Crippen MR) is 70.7 cm³/mol. The van der Waals surface area contributed by atoms with Gasteiger partial charge in [0.15, 0.2) is 6.10 Å². The third kappa shape index (κ3) is 3.37. The van der Waals surface area contributed by atoms with E-state index in [-0.39, 0.29) is 0 Å². The molecule has 0 bridgehead atoms. The summed E-state index contributed by atoms with van der Waals surface area (Å²) in [5.74, 6) is -0.322. The van der Waals surface area contributed by atoms with E-state index in [0.717, 1.165) is 3.57 Å². The molecule has 0 heterocycles. The molecular weight excluding hydrogens is 319 g/mol.